The van der Waals surface area contributed by atoms with Gasteiger partial charge in [-0.05, 0) is 29.6 Å². The van der Waals surface area contributed by atoms with Crippen molar-refractivity contribution < 1.29 is 4.79 Å². The van der Waals surface area contributed by atoms with Gasteiger partial charge in [0, 0.05) is 10.4 Å². The smallest absolute Gasteiger partial charge is 0.319 e. The van der Waals surface area contributed by atoms with Crippen molar-refractivity contribution in [2.24, 2.45) is 0 Å². The van der Waals surface area contributed by atoms with Gasteiger partial charge in [-0.15, -0.1) is 22.7 Å². The SMILES string of the molecule is O=C(NCc1csc(-c2cccs2)n1)Nc1ccc(Cl)cc1Cl. The lowest BCUT2D eigenvalue weighted by Crippen LogP contribution is -2.28. The third-order valence-corrected chi connectivity index (χ3v) is 5.37. The summed E-state index contributed by atoms with van der Waals surface area (Å²) < 4.78 is 0. The first-order chi connectivity index (χ1) is 11.1. The van der Waals surface area contributed by atoms with Gasteiger partial charge in [-0.2, -0.15) is 0 Å². The number of thiophene rings is 1. The Morgan fingerprint density at radius 2 is 2.09 bits per heavy atom. The number of carbonyl (C=O) groups excluding carboxylic acids is 1. The molecule has 0 aliphatic rings. The van der Waals surface area contributed by atoms with Crippen LogP contribution in [-0.2, 0) is 6.54 Å². The zero-order valence-corrected chi connectivity index (χ0v) is 14.8. The van der Waals surface area contributed by atoms with E-state index >= 15 is 0 Å². The fraction of sp³-hybridized carbons (Fsp3) is 0.0667. The lowest BCUT2D eigenvalue weighted by molar-refractivity contribution is 0.251. The third kappa shape index (κ3) is 4.23. The molecule has 8 heteroatoms. The Hall–Kier alpha value is -1.60. The number of nitrogens with one attached hydrogen (secondary N) is 2. The highest BCUT2D eigenvalue weighted by atomic mass is 35.5. The van der Waals surface area contributed by atoms with Crippen molar-refractivity contribution in [2.45, 2.75) is 6.54 Å². The number of nitrogens with zero attached hydrogens (tertiary/aromatic N) is 1. The van der Waals surface area contributed by atoms with E-state index < -0.39 is 0 Å². The number of rotatable bonds is 4. The van der Waals surface area contributed by atoms with Crippen molar-refractivity contribution in [2.75, 3.05) is 5.32 Å². The summed E-state index contributed by atoms with van der Waals surface area (Å²) in [6.07, 6.45) is 0. The van der Waals surface area contributed by atoms with Crippen LogP contribution in [0.5, 0.6) is 0 Å². The molecule has 3 rings (SSSR count). The summed E-state index contributed by atoms with van der Waals surface area (Å²) in [6.45, 7) is 0.346. The van der Waals surface area contributed by atoms with Gasteiger partial charge < -0.3 is 10.6 Å². The number of benzene rings is 1. The molecule has 0 atom stereocenters. The Bertz CT molecular complexity index is 818. The Kier molecular flexibility index (Phi) is 5.17. The van der Waals surface area contributed by atoms with E-state index in [1.54, 1.807) is 40.9 Å². The fourth-order valence-corrected chi connectivity index (χ4v) is 3.92. The first-order valence-electron chi connectivity index (χ1n) is 6.60. The largest absolute Gasteiger partial charge is 0.332 e. The summed E-state index contributed by atoms with van der Waals surface area (Å²) in [6, 6.07) is 8.56. The molecule has 2 N–H and O–H groups in total. The van der Waals surface area contributed by atoms with E-state index in [2.05, 4.69) is 15.6 Å². The number of anilines is 1. The zero-order valence-electron chi connectivity index (χ0n) is 11.7. The number of halogens is 2. The molecule has 0 saturated heterocycles. The maximum Gasteiger partial charge on any atom is 0.319 e. The maximum absolute atomic E-state index is 11.9. The van der Waals surface area contributed by atoms with E-state index in [4.69, 9.17) is 23.2 Å². The van der Waals surface area contributed by atoms with Crippen LogP contribution in [0.3, 0.4) is 0 Å². The summed E-state index contributed by atoms with van der Waals surface area (Å²) in [5.74, 6) is 0. The number of amides is 2. The lowest BCUT2D eigenvalue weighted by Gasteiger charge is -2.08. The fourth-order valence-electron chi connectivity index (χ4n) is 1.83. The van der Waals surface area contributed by atoms with Gasteiger partial charge in [0.15, 0.2) is 0 Å². The predicted octanol–water partition coefficient (Wildman–Crippen LogP) is 5.50. The van der Waals surface area contributed by atoms with E-state index in [0.717, 1.165) is 15.6 Å². The molecule has 0 fully saturated rings. The summed E-state index contributed by atoms with van der Waals surface area (Å²) in [7, 11) is 0. The van der Waals surface area contributed by atoms with E-state index in [9.17, 15) is 4.79 Å². The summed E-state index contributed by atoms with van der Waals surface area (Å²) in [5.41, 5.74) is 1.32. The van der Waals surface area contributed by atoms with Crippen molar-refractivity contribution in [3.8, 4) is 9.88 Å². The number of urea groups is 1. The summed E-state index contributed by atoms with van der Waals surface area (Å²) in [4.78, 5) is 17.5. The number of hydrogen-bond acceptors (Lipinski definition) is 4. The van der Waals surface area contributed by atoms with Crippen molar-refractivity contribution in [1.82, 2.24) is 10.3 Å². The van der Waals surface area contributed by atoms with E-state index in [0.29, 0.717) is 22.3 Å². The average Bonchev–Trinajstić information content (AvgIpc) is 3.18. The van der Waals surface area contributed by atoms with Crippen LogP contribution in [0.1, 0.15) is 5.69 Å². The minimum Gasteiger partial charge on any atom is -0.332 e. The van der Waals surface area contributed by atoms with Crippen molar-refractivity contribution >= 4 is 57.6 Å². The van der Waals surface area contributed by atoms with Crippen LogP contribution in [0.2, 0.25) is 10.0 Å². The second-order valence-electron chi connectivity index (χ2n) is 4.55. The van der Waals surface area contributed by atoms with E-state index in [-0.39, 0.29) is 6.03 Å². The van der Waals surface area contributed by atoms with Crippen LogP contribution in [0, 0.1) is 0 Å². The summed E-state index contributed by atoms with van der Waals surface area (Å²) in [5, 5.41) is 11.2. The van der Waals surface area contributed by atoms with Gasteiger partial charge in [0.05, 0.1) is 27.8 Å². The molecule has 4 nitrogen and oxygen atoms in total. The molecular weight excluding hydrogens is 373 g/mol. The quantitative estimate of drug-likeness (QED) is 0.624. The number of aromatic nitrogens is 1. The van der Waals surface area contributed by atoms with Crippen LogP contribution in [0.15, 0.2) is 41.1 Å². The number of hydrogen-bond donors (Lipinski definition) is 2. The molecule has 23 heavy (non-hydrogen) atoms. The molecule has 3 aromatic rings. The van der Waals surface area contributed by atoms with Gasteiger partial charge in [-0.1, -0.05) is 29.3 Å². The molecular formula is C15H11Cl2N3OS2. The normalized spacial score (nSPS) is 10.5. The first kappa shape index (κ1) is 16.3. The molecule has 2 aromatic heterocycles. The van der Waals surface area contributed by atoms with Gasteiger partial charge in [0.2, 0.25) is 0 Å². The first-order valence-corrected chi connectivity index (χ1v) is 9.11. The standard InChI is InChI=1S/C15H11Cl2N3OS2/c16-9-3-4-12(11(17)6-9)20-15(21)18-7-10-8-23-14(19-10)13-2-1-5-22-13/h1-6,8H,7H2,(H2,18,20,21). The van der Waals surface area contributed by atoms with Gasteiger partial charge >= 0.3 is 6.03 Å². The molecule has 0 unspecified atom stereocenters. The Balaban J connectivity index is 1.57. The van der Waals surface area contributed by atoms with Gasteiger partial charge in [-0.3, -0.25) is 0 Å². The van der Waals surface area contributed by atoms with Crippen molar-refractivity contribution in [3.05, 3.63) is 56.8 Å². The molecule has 0 radical (unpaired) electrons. The number of thiazole rings is 1. The Labute approximate surface area is 151 Å². The molecule has 0 saturated carbocycles. The second kappa shape index (κ2) is 7.31. The second-order valence-corrected chi connectivity index (χ2v) is 7.20. The highest BCUT2D eigenvalue weighted by Crippen LogP contribution is 2.28. The van der Waals surface area contributed by atoms with Gasteiger partial charge in [0.1, 0.15) is 5.01 Å². The zero-order chi connectivity index (χ0) is 16.2. The summed E-state index contributed by atoms with van der Waals surface area (Å²) >= 11 is 15.0. The average molecular weight is 384 g/mol. The molecule has 0 bridgehead atoms. The van der Waals surface area contributed by atoms with Crippen molar-refractivity contribution in [3.63, 3.8) is 0 Å². The third-order valence-electron chi connectivity index (χ3n) is 2.89. The van der Waals surface area contributed by atoms with Crippen LogP contribution in [-0.4, -0.2) is 11.0 Å². The molecule has 2 amide bonds. The van der Waals surface area contributed by atoms with Crippen LogP contribution in [0.4, 0.5) is 10.5 Å². The minimum atomic E-state index is -0.347. The van der Waals surface area contributed by atoms with E-state index in [1.807, 2.05) is 22.9 Å². The van der Waals surface area contributed by atoms with E-state index in [1.165, 1.54) is 0 Å². The van der Waals surface area contributed by atoms with Crippen LogP contribution >= 0.6 is 45.9 Å². The molecule has 0 aliphatic carbocycles. The van der Waals surface area contributed by atoms with Crippen LogP contribution < -0.4 is 10.6 Å². The highest BCUT2D eigenvalue weighted by molar-refractivity contribution is 7.20. The Morgan fingerprint density at radius 1 is 1.22 bits per heavy atom. The maximum atomic E-state index is 11.9. The molecule has 2 heterocycles. The lowest BCUT2D eigenvalue weighted by atomic mass is 10.3. The molecule has 0 aliphatic heterocycles. The van der Waals surface area contributed by atoms with Crippen LogP contribution in [0.25, 0.3) is 9.88 Å². The topological polar surface area (TPSA) is 54.0 Å². The van der Waals surface area contributed by atoms with Gasteiger partial charge in [0.25, 0.3) is 0 Å². The van der Waals surface area contributed by atoms with Crippen molar-refractivity contribution in [1.29, 1.82) is 0 Å². The highest BCUT2D eigenvalue weighted by Gasteiger charge is 2.09. The molecule has 118 valence electrons. The van der Waals surface area contributed by atoms with Gasteiger partial charge in [-0.25, -0.2) is 9.78 Å². The molecule has 1 aromatic carbocycles. The monoisotopic (exact) mass is 383 g/mol. The predicted molar refractivity (Wildman–Crippen MR) is 97.7 cm³/mol. The minimum absolute atomic E-state index is 0.346. The molecule has 0 spiro atoms. The Morgan fingerprint density at radius 3 is 2.83 bits per heavy atom. The number of carbonyl (C=O) groups is 1.